The van der Waals surface area contributed by atoms with Gasteiger partial charge in [-0.15, -0.1) is 0 Å². The van der Waals surface area contributed by atoms with E-state index < -0.39 is 0 Å². The molecule has 13 heavy (non-hydrogen) atoms. The van der Waals surface area contributed by atoms with Gasteiger partial charge in [-0.05, 0) is 19.8 Å². The molecule has 1 heterocycles. The smallest absolute Gasteiger partial charge is 0.410 e. The molecule has 0 aliphatic carbocycles. The highest BCUT2D eigenvalue weighted by molar-refractivity contribution is 5.68. The standard InChI is InChI=1S/C8H16N2O3/c1-2-12-8(11)10-5-3-4-7(10)6-13-9/h7H,2-6,9H2,1H3. The maximum absolute atomic E-state index is 11.3. The highest BCUT2D eigenvalue weighted by atomic mass is 16.6. The summed E-state index contributed by atoms with van der Waals surface area (Å²) in [5, 5.41) is 0. The Balaban J connectivity index is 2.42. The van der Waals surface area contributed by atoms with E-state index in [0.29, 0.717) is 13.2 Å². The van der Waals surface area contributed by atoms with Crippen LogP contribution in [0.4, 0.5) is 4.79 Å². The molecule has 0 aromatic heterocycles. The molecule has 1 aliphatic rings. The maximum atomic E-state index is 11.3. The van der Waals surface area contributed by atoms with Crippen molar-refractivity contribution in [1.29, 1.82) is 0 Å². The lowest BCUT2D eigenvalue weighted by Crippen LogP contribution is -2.39. The van der Waals surface area contributed by atoms with Crippen molar-refractivity contribution in [3.8, 4) is 0 Å². The molecule has 1 saturated heterocycles. The zero-order chi connectivity index (χ0) is 9.68. The predicted octanol–water partition coefficient (Wildman–Crippen LogP) is 0.498. The van der Waals surface area contributed by atoms with Gasteiger partial charge in [-0.3, -0.25) is 0 Å². The lowest BCUT2D eigenvalue weighted by molar-refractivity contribution is 0.0601. The fraction of sp³-hybridized carbons (Fsp3) is 0.875. The topological polar surface area (TPSA) is 64.8 Å². The van der Waals surface area contributed by atoms with E-state index in [-0.39, 0.29) is 12.1 Å². The first-order valence-electron chi connectivity index (χ1n) is 4.54. The van der Waals surface area contributed by atoms with E-state index >= 15 is 0 Å². The van der Waals surface area contributed by atoms with Crippen LogP contribution in [-0.4, -0.2) is 36.8 Å². The minimum Gasteiger partial charge on any atom is -0.450 e. The van der Waals surface area contributed by atoms with Gasteiger partial charge in [-0.2, -0.15) is 0 Å². The molecule has 1 aliphatic heterocycles. The lowest BCUT2D eigenvalue weighted by atomic mass is 10.2. The minimum atomic E-state index is -0.262. The van der Waals surface area contributed by atoms with Gasteiger partial charge in [0.2, 0.25) is 0 Å². The molecule has 5 nitrogen and oxygen atoms in total. The molecule has 1 fully saturated rings. The van der Waals surface area contributed by atoms with E-state index in [1.807, 2.05) is 0 Å². The largest absolute Gasteiger partial charge is 0.450 e. The van der Waals surface area contributed by atoms with Gasteiger partial charge >= 0.3 is 6.09 Å². The van der Waals surface area contributed by atoms with E-state index in [4.69, 9.17) is 10.6 Å². The monoisotopic (exact) mass is 188 g/mol. The van der Waals surface area contributed by atoms with E-state index in [2.05, 4.69) is 4.84 Å². The molecule has 2 N–H and O–H groups in total. The van der Waals surface area contributed by atoms with Gasteiger partial charge in [0.25, 0.3) is 0 Å². The van der Waals surface area contributed by atoms with Crippen LogP contribution < -0.4 is 5.90 Å². The van der Waals surface area contributed by atoms with E-state index in [1.165, 1.54) is 0 Å². The minimum absolute atomic E-state index is 0.0871. The van der Waals surface area contributed by atoms with Gasteiger partial charge in [-0.1, -0.05) is 0 Å². The summed E-state index contributed by atoms with van der Waals surface area (Å²) in [6.07, 6.45) is 1.67. The van der Waals surface area contributed by atoms with Crippen LogP contribution in [0.25, 0.3) is 0 Å². The Morgan fingerprint density at radius 2 is 2.46 bits per heavy atom. The lowest BCUT2D eigenvalue weighted by Gasteiger charge is -2.22. The number of rotatable bonds is 3. The van der Waals surface area contributed by atoms with Crippen molar-refractivity contribution in [2.75, 3.05) is 19.8 Å². The Labute approximate surface area is 77.7 Å². The van der Waals surface area contributed by atoms with Crippen molar-refractivity contribution in [1.82, 2.24) is 4.90 Å². The molecule has 0 saturated carbocycles. The Morgan fingerprint density at radius 3 is 3.08 bits per heavy atom. The van der Waals surface area contributed by atoms with Crippen molar-refractivity contribution in [3.05, 3.63) is 0 Å². The number of amides is 1. The van der Waals surface area contributed by atoms with Crippen LogP contribution in [0.2, 0.25) is 0 Å². The Bertz CT molecular complexity index is 175. The van der Waals surface area contributed by atoms with Gasteiger partial charge in [0.15, 0.2) is 0 Å². The zero-order valence-corrected chi connectivity index (χ0v) is 7.86. The average molecular weight is 188 g/mol. The van der Waals surface area contributed by atoms with Gasteiger partial charge in [0, 0.05) is 6.54 Å². The number of likely N-dealkylation sites (tertiary alicyclic amines) is 1. The third-order valence-corrected chi connectivity index (χ3v) is 2.17. The van der Waals surface area contributed by atoms with Crippen molar-refractivity contribution < 1.29 is 14.4 Å². The summed E-state index contributed by atoms with van der Waals surface area (Å²) < 4.78 is 4.89. The van der Waals surface area contributed by atoms with Crippen LogP contribution in [-0.2, 0) is 9.57 Å². The number of nitrogens with two attached hydrogens (primary N) is 1. The number of carbonyl (C=O) groups is 1. The molecule has 1 unspecified atom stereocenters. The number of ether oxygens (including phenoxy) is 1. The van der Waals surface area contributed by atoms with Crippen molar-refractivity contribution in [2.24, 2.45) is 5.90 Å². The second kappa shape index (κ2) is 5.04. The Morgan fingerprint density at radius 1 is 1.69 bits per heavy atom. The molecular weight excluding hydrogens is 172 g/mol. The quantitative estimate of drug-likeness (QED) is 0.655. The van der Waals surface area contributed by atoms with Gasteiger partial charge < -0.3 is 14.5 Å². The molecule has 1 atom stereocenters. The first-order chi connectivity index (χ1) is 6.29. The average Bonchev–Trinajstić information content (AvgIpc) is 2.54. The van der Waals surface area contributed by atoms with Crippen molar-refractivity contribution in [2.45, 2.75) is 25.8 Å². The highest BCUT2D eigenvalue weighted by Crippen LogP contribution is 2.17. The summed E-state index contributed by atoms with van der Waals surface area (Å²) in [7, 11) is 0. The van der Waals surface area contributed by atoms with Crippen LogP contribution >= 0.6 is 0 Å². The van der Waals surface area contributed by atoms with Crippen LogP contribution in [0.15, 0.2) is 0 Å². The molecule has 0 aromatic rings. The number of hydrogen-bond acceptors (Lipinski definition) is 4. The van der Waals surface area contributed by atoms with Crippen molar-refractivity contribution in [3.63, 3.8) is 0 Å². The van der Waals surface area contributed by atoms with E-state index in [0.717, 1.165) is 19.4 Å². The maximum Gasteiger partial charge on any atom is 0.410 e. The molecule has 0 radical (unpaired) electrons. The highest BCUT2D eigenvalue weighted by Gasteiger charge is 2.29. The van der Waals surface area contributed by atoms with Crippen molar-refractivity contribution >= 4 is 6.09 Å². The fourth-order valence-electron chi connectivity index (χ4n) is 1.57. The van der Waals surface area contributed by atoms with E-state index in [1.54, 1.807) is 11.8 Å². The molecule has 0 spiro atoms. The summed E-state index contributed by atoms with van der Waals surface area (Å²) >= 11 is 0. The Hall–Kier alpha value is -0.810. The fourth-order valence-corrected chi connectivity index (χ4v) is 1.57. The zero-order valence-electron chi connectivity index (χ0n) is 7.86. The molecule has 5 heteroatoms. The summed E-state index contributed by atoms with van der Waals surface area (Å²) in [6, 6.07) is 0.0871. The second-order valence-corrected chi connectivity index (χ2v) is 3.02. The van der Waals surface area contributed by atoms with Gasteiger partial charge in [0.05, 0.1) is 19.3 Å². The second-order valence-electron chi connectivity index (χ2n) is 3.02. The SMILES string of the molecule is CCOC(=O)N1CCCC1CON. The predicted molar refractivity (Wildman–Crippen MR) is 46.9 cm³/mol. The van der Waals surface area contributed by atoms with Gasteiger partial charge in [-0.25, -0.2) is 10.7 Å². The summed E-state index contributed by atoms with van der Waals surface area (Å²) in [6.45, 7) is 3.33. The molecule has 0 bridgehead atoms. The number of nitrogens with zero attached hydrogens (tertiary/aromatic N) is 1. The molecule has 76 valence electrons. The van der Waals surface area contributed by atoms with E-state index in [9.17, 15) is 4.79 Å². The first-order valence-corrected chi connectivity index (χ1v) is 4.54. The Kier molecular flexibility index (Phi) is 3.98. The molecule has 0 aromatic carbocycles. The molecule has 1 amide bonds. The van der Waals surface area contributed by atoms with Crippen LogP contribution in [0.5, 0.6) is 0 Å². The number of carbonyl (C=O) groups excluding carboxylic acids is 1. The van der Waals surface area contributed by atoms with Gasteiger partial charge in [0.1, 0.15) is 0 Å². The summed E-state index contributed by atoms with van der Waals surface area (Å²) in [5.41, 5.74) is 0. The normalized spacial score (nSPS) is 22.0. The third kappa shape index (κ3) is 2.57. The van der Waals surface area contributed by atoms with Crippen LogP contribution in [0.3, 0.4) is 0 Å². The first kappa shape index (κ1) is 10.3. The summed E-state index contributed by atoms with van der Waals surface area (Å²) in [4.78, 5) is 17.5. The third-order valence-electron chi connectivity index (χ3n) is 2.17. The summed E-state index contributed by atoms with van der Waals surface area (Å²) in [5.74, 6) is 4.97. The molecular formula is C8H16N2O3. The van der Waals surface area contributed by atoms with Crippen LogP contribution in [0, 0.1) is 0 Å². The molecule has 1 rings (SSSR count). The number of hydrogen-bond donors (Lipinski definition) is 1. The van der Waals surface area contributed by atoms with Crippen LogP contribution in [0.1, 0.15) is 19.8 Å².